The Kier molecular flexibility index (Phi) is 5.06. The Morgan fingerprint density at radius 3 is 2.14 bits per heavy atom. The van der Waals surface area contributed by atoms with E-state index in [4.69, 9.17) is 0 Å². The highest BCUT2D eigenvalue weighted by molar-refractivity contribution is 7.88. The minimum Gasteiger partial charge on any atom is -0.375 e. The van der Waals surface area contributed by atoms with E-state index < -0.39 is 28.5 Å². The van der Waals surface area contributed by atoms with Crippen molar-refractivity contribution in [2.45, 2.75) is 5.51 Å². The van der Waals surface area contributed by atoms with E-state index in [0.29, 0.717) is 21.8 Å². The predicted molar refractivity (Wildman–Crippen MR) is 104 cm³/mol. The highest BCUT2D eigenvalue weighted by Crippen LogP contribution is 2.39. The minimum absolute atomic E-state index is 0.217. The number of hydrogen-bond acceptors (Lipinski definition) is 4. The van der Waals surface area contributed by atoms with Gasteiger partial charge in [-0.1, -0.05) is 42.5 Å². The van der Waals surface area contributed by atoms with Gasteiger partial charge in [-0.25, -0.2) is 0 Å². The third-order valence-electron chi connectivity index (χ3n) is 4.15. The van der Waals surface area contributed by atoms with Gasteiger partial charge in [-0.05, 0) is 48.0 Å². The summed E-state index contributed by atoms with van der Waals surface area (Å²) in [7, 11) is -8.29. The van der Waals surface area contributed by atoms with E-state index in [0.717, 1.165) is 0 Å². The normalized spacial score (nSPS) is 12.9. The van der Waals surface area contributed by atoms with E-state index in [9.17, 15) is 26.2 Å². The number of fused-ring (bicyclic) bond motifs is 1. The standard InChI is InChI=1S/C19H16F3O4PS/c1-27(2,23)14-7-5-6-13(12-14)15-10-11-18(17-9-4-3-8-16(15)17)26-28(24,25)19(20,21)22/h3-12H,1-2H3. The summed E-state index contributed by atoms with van der Waals surface area (Å²) in [6.45, 7) is 3.28. The fourth-order valence-corrected chi connectivity index (χ4v) is 4.14. The smallest absolute Gasteiger partial charge is 0.375 e. The van der Waals surface area contributed by atoms with Crippen LogP contribution in [0, 0.1) is 0 Å². The molecule has 0 bridgehead atoms. The van der Waals surface area contributed by atoms with E-state index in [1.807, 2.05) is 0 Å². The van der Waals surface area contributed by atoms with E-state index in [-0.39, 0.29) is 5.39 Å². The van der Waals surface area contributed by atoms with Gasteiger partial charge >= 0.3 is 15.6 Å². The van der Waals surface area contributed by atoms with Gasteiger partial charge in [-0.2, -0.15) is 21.6 Å². The lowest BCUT2D eigenvalue weighted by atomic mass is 9.98. The summed E-state index contributed by atoms with van der Waals surface area (Å²) in [6, 6.07) is 16.1. The first kappa shape index (κ1) is 20.4. The Morgan fingerprint density at radius 1 is 0.893 bits per heavy atom. The molecule has 0 heterocycles. The molecule has 148 valence electrons. The summed E-state index contributed by atoms with van der Waals surface area (Å²) in [6.07, 6.45) is 0. The number of rotatable bonds is 4. The predicted octanol–water partition coefficient (Wildman–Crippen LogP) is 4.98. The summed E-state index contributed by atoms with van der Waals surface area (Å²) < 4.78 is 77.6. The fourth-order valence-electron chi connectivity index (χ4n) is 2.77. The quantitative estimate of drug-likeness (QED) is 0.334. The Labute approximate surface area is 160 Å². The summed E-state index contributed by atoms with van der Waals surface area (Å²) in [5.41, 5.74) is -4.16. The number of alkyl halides is 3. The molecule has 4 nitrogen and oxygen atoms in total. The van der Waals surface area contributed by atoms with Crippen LogP contribution in [-0.4, -0.2) is 27.3 Å². The van der Waals surface area contributed by atoms with Gasteiger partial charge in [0, 0.05) is 10.7 Å². The van der Waals surface area contributed by atoms with Crippen molar-refractivity contribution in [2.24, 2.45) is 0 Å². The molecule has 0 radical (unpaired) electrons. The lowest BCUT2D eigenvalue weighted by Crippen LogP contribution is -2.28. The van der Waals surface area contributed by atoms with Crippen molar-refractivity contribution in [2.75, 3.05) is 13.3 Å². The van der Waals surface area contributed by atoms with Gasteiger partial charge in [0.15, 0.2) is 5.75 Å². The zero-order chi connectivity index (χ0) is 20.7. The van der Waals surface area contributed by atoms with Crippen molar-refractivity contribution in [3.8, 4) is 16.9 Å². The first-order valence-corrected chi connectivity index (χ1v) is 12.1. The van der Waals surface area contributed by atoms with Crippen LogP contribution in [0.3, 0.4) is 0 Å². The largest absolute Gasteiger partial charge is 0.534 e. The molecule has 0 spiro atoms. The number of benzene rings is 3. The maximum atomic E-state index is 12.7. The first-order valence-electron chi connectivity index (χ1n) is 8.09. The molecule has 0 aliphatic rings. The van der Waals surface area contributed by atoms with Gasteiger partial charge in [0.05, 0.1) is 0 Å². The topological polar surface area (TPSA) is 60.4 Å². The molecule has 0 amide bonds. The van der Waals surface area contributed by atoms with Crippen molar-refractivity contribution in [3.63, 3.8) is 0 Å². The van der Waals surface area contributed by atoms with E-state index >= 15 is 0 Å². The molecular weight excluding hydrogens is 412 g/mol. The van der Waals surface area contributed by atoms with Crippen LogP contribution in [0.2, 0.25) is 0 Å². The molecule has 0 unspecified atom stereocenters. The highest BCUT2D eigenvalue weighted by atomic mass is 32.2. The molecule has 0 aromatic heterocycles. The fraction of sp³-hybridized carbons (Fsp3) is 0.158. The molecule has 0 aliphatic carbocycles. The van der Waals surface area contributed by atoms with Crippen molar-refractivity contribution in [1.29, 1.82) is 0 Å². The van der Waals surface area contributed by atoms with Crippen LogP contribution in [0.4, 0.5) is 13.2 Å². The second kappa shape index (κ2) is 6.94. The van der Waals surface area contributed by atoms with Gasteiger partial charge < -0.3 is 8.75 Å². The summed E-state index contributed by atoms with van der Waals surface area (Å²) in [5, 5.41) is 1.39. The molecule has 0 fully saturated rings. The van der Waals surface area contributed by atoms with Gasteiger partial charge in [0.1, 0.15) is 7.14 Å². The second-order valence-corrected chi connectivity index (χ2v) is 11.3. The molecule has 0 saturated carbocycles. The van der Waals surface area contributed by atoms with Gasteiger partial charge in [-0.3, -0.25) is 0 Å². The van der Waals surface area contributed by atoms with Crippen LogP contribution < -0.4 is 9.49 Å². The molecule has 28 heavy (non-hydrogen) atoms. The molecule has 0 N–H and O–H groups in total. The molecule has 0 atom stereocenters. The molecule has 9 heteroatoms. The van der Waals surface area contributed by atoms with Crippen molar-refractivity contribution < 1.29 is 30.3 Å². The first-order chi connectivity index (χ1) is 12.9. The van der Waals surface area contributed by atoms with Crippen LogP contribution in [0.5, 0.6) is 5.75 Å². The van der Waals surface area contributed by atoms with E-state index in [1.54, 1.807) is 55.8 Å². The third-order valence-corrected chi connectivity index (χ3v) is 6.63. The maximum absolute atomic E-state index is 12.7. The monoisotopic (exact) mass is 428 g/mol. The second-order valence-electron chi connectivity index (χ2n) is 6.54. The van der Waals surface area contributed by atoms with Crippen molar-refractivity contribution in [1.82, 2.24) is 0 Å². The Morgan fingerprint density at radius 2 is 1.54 bits per heavy atom. The van der Waals surface area contributed by atoms with Crippen LogP contribution in [0.15, 0.2) is 60.7 Å². The molecule has 0 aliphatic heterocycles. The summed E-state index contributed by atoms with van der Waals surface area (Å²) in [4.78, 5) is 0. The maximum Gasteiger partial charge on any atom is 0.534 e. The van der Waals surface area contributed by atoms with Crippen molar-refractivity contribution >= 4 is 33.3 Å². The van der Waals surface area contributed by atoms with Crippen LogP contribution >= 0.6 is 7.14 Å². The average Bonchev–Trinajstić information content (AvgIpc) is 2.60. The van der Waals surface area contributed by atoms with Gasteiger partial charge in [0.25, 0.3) is 0 Å². The zero-order valence-electron chi connectivity index (χ0n) is 14.9. The molecule has 0 saturated heterocycles. The Hall–Kier alpha value is -2.31. The molecule has 3 aromatic carbocycles. The lowest BCUT2D eigenvalue weighted by Gasteiger charge is -2.15. The van der Waals surface area contributed by atoms with Crippen molar-refractivity contribution in [3.05, 3.63) is 60.7 Å². The highest BCUT2D eigenvalue weighted by Gasteiger charge is 2.48. The van der Waals surface area contributed by atoms with Crippen LogP contribution in [-0.2, 0) is 14.7 Å². The van der Waals surface area contributed by atoms with E-state index in [1.165, 1.54) is 18.2 Å². The van der Waals surface area contributed by atoms with Gasteiger partial charge in [0.2, 0.25) is 0 Å². The Balaban J connectivity index is 2.18. The summed E-state index contributed by atoms with van der Waals surface area (Å²) >= 11 is 0. The van der Waals surface area contributed by atoms with Gasteiger partial charge in [-0.15, -0.1) is 0 Å². The number of halogens is 3. The van der Waals surface area contributed by atoms with Crippen LogP contribution in [0.1, 0.15) is 0 Å². The zero-order valence-corrected chi connectivity index (χ0v) is 16.6. The van der Waals surface area contributed by atoms with E-state index in [2.05, 4.69) is 4.18 Å². The minimum atomic E-state index is -5.78. The SMILES string of the molecule is CP(C)(=O)c1cccc(-c2ccc(OS(=O)(=O)C(F)(F)F)c3ccccc23)c1. The Bertz CT molecular complexity index is 1200. The lowest BCUT2D eigenvalue weighted by molar-refractivity contribution is -0.0499. The molecule has 3 rings (SSSR count). The molecular formula is C19H16F3O4PS. The number of hydrogen-bond donors (Lipinski definition) is 0. The molecule has 3 aromatic rings. The van der Waals surface area contributed by atoms with Crippen LogP contribution in [0.25, 0.3) is 21.9 Å². The average molecular weight is 428 g/mol. The third kappa shape index (κ3) is 3.93. The summed E-state index contributed by atoms with van der Waals surface area (Å²) in [5.74, 6) is -0.413.